The van der Waals surface area contributed by atoms with Crippen LogP contribution in [0.15, 0.2) is 42.5 Å². The van der Waals surface area contributed by atoms with Gasteiger partial charge in [0.15, 0.2) is 41.7 Å². The second kappa shape index (κ2) is 15.2. The van der Waals surface area contributed by atoms with Gasteiger partial charge in [-0.25, -0.2) is 4.79 Å². The molecular formula is C29H36O16. The average Bonchev–Trinajstić information content (AvgIpc) is 3.01. The van der Waals surface area contributed by atoms with E-state index in [0.717, 1.165) is 6.08 Å². The molecule has 248 valence electrons. The van der Waals surface area contributed by atoms with Crippen LogP contribution in [0.3, 0.4) is 0 Å². The number of phenolic OH excluding ortho intramolecular Hbond substituents is 4. The van der Waals surface area contributed by atoms with Gasteiger partial charge in [-0.2, -0.15) is 0 Å². The molecule has 0 aromatic heterocycles. The highest BCUT2D eigenvalue weighted by atomic mass is 16.7. The summed E-state index contributed by atoms with van der Waals surface area (Å²) in [6.07, 6.45) is -12.6. The van der Waals surface area contributed by atoms with Crippen molar-refractivity contribution in [3.63, 3.8) is 0 Å². The first-order valence-corrected chi connectivity index (χ1v) is 13.8. The fourth-order valence-electron chi connectivity index (χ4n) is 4.64. The number of aliphatic hydroxyl groups is 5. The zero-order valence-corrected chi connectivity index (χ0v) is 23.9. The van der Waals surface area contributed by atoms with Crippen LogP contribution in [0.2, 0.25) is 0 Å². The molecule has 2 heterocycles. The van der Waals surface area contributed by atoms with Crippen molar-refractivity contribution in [1.29, 1.82) is 0 Å². The first-order valence-electron chi connectivity index (χ1n) is 13.8. The summed E-state index contributed by atoms with van der Waals surface area (Å²) in [6.45, 7) is -1.16. The summed E-state index contributed by atoms with van der Waals surface area (Å²) in [5.74, 6) is -2.53. The van der Waals surface area contributed by atoms with Gasteiger partial charge in [0.2, 0.25) is 0 Å². The van der Waals surface area contributed by atoms with Crippen molar-refractivity contribution in [2.45, 2.75) is 61.4 Å². The molecule has 2 aromatic carbocycles. The van der Waals surface area contributed by atoms with Crippen molar-refractivity contribution in [3.8, 4) is 23.0 Å². The number of hydrogen-bond donors (Lipinski definition) is 9. The third-order valence-electron chi connectivity index (χ3n) is 7.25. The highest BCUT2D eigenvalue weighted by Crippen LogP contribution is 2.31. The Morgan fingerprint density at radius 3 is 2.20 bits per heavy atom. The van der Waals surface area contributed by atoms with Crippen LogP contribution in [0.5, 0.6) is 23.0 Å². The van der Waals surface area contributed by atoms with Crippen LogP contribution in [0.4, 0.5) is 0 Å². The molecule has 4 rings (SSSR count). The summed E-state index contributed by atoms with van der Waals surface area (Å²) in [5.41, 5.74) is 0.734. The molecule has 2 aromatic rings. The maximum Gasteiger partial charge on any atom is 0.331 e. The van der Waals surface area contributed by atoms with Gasteiger partial charge in [-0.15, -0.1) is 0 Å². The van der Waals surface area contributed by atoms with Gasteiger partial charge in [0.25, 0.3) is 0 Å². The molecule has 0 saturated carbocycles. The van der Waals surface area contributed by atoms with Gasteiger partial charge in [-0.1, -0.05) is 12.1 Å². The molecule has 9 N–H and O–H groups in total. The maximum absolute atomic E-state index is 12.7. The third kappa shape index (κ3) is 8.39. The molecule has 45 heavy (non-hydrogen) atoms. The number of aromatic hydroxyl groups is 4. The van der Waals surface area contributed by atoms with Crippen LogP contribution < -0.4 is 0 Å². The standard InChI is InChI=1S/C29H36O16/c1-40-20(14-4-6-16(31)18(33)9-14)11-43-29-26(39)24(37)27(45-22(35)7-3-13-2-5-15(30)17(32)8-13)21(44-29)12-42-28-25(38)23(36)19(34)10-41-28/h2-9,19-21,23-34,36-39H,10-12H2,1H3/b7-3+/t19-,20-,21-,23+,24-,25-,26-,27-,28+,29-/m1/s1. The smallest absolute Gasteiger partial charge is 0.331 e. The molecule has 0 bridgehead atoms. The van der Waals surface area contributed by atoms with Gasteiger partial charge in [-0.05, 0) is 41.5 Å². The molecule has 0 aliphatic carbocycles. The fourth-order valence-corrected chi connectivity index (χ4v) is 4.64. The summed E-state index contributed by atoms with van der Waals surface area (Å²) >= 11 is 0. The van der Waals surface area contributed by atoms with Gasteiger partial charge in [0.05, 0.1) is 19.8 Å². The van der Waals surface area contributed by atoms with E-state index in [-0.39, 0.29) is 24.7 Å². The van der Waals surface area contributed by atoms with Crippen LogP contribution in [0.1, 0.15) is 17.2 Å². The predicted octanol–water partition coefficient (Wildman–Crippen LogP) is -1.26. The number of phenols is 4. The van der Waals surface area contributed by atoms with Gasteiger partial charge in [0.1, 0.15) is 42.7 Å². The van der Waals surface area contributed by atoms with E-state index < -0.39 is 85.5 Å². The Balaban J connectivity index is 1.48. The Morgan fingerprint density at radius 1 is 0.867 bits per heavy atom. The van der Waals surface area contributed by atoms with Gasteiger partial charge in [-0.3, -0.25) is 0 Å². The molecule has 2 aliphatic heterocycles. The normalized spacial score (nSPS) is 31.1. The lowest BCUT2D eigenvalue weighted by molar-refractivity contribution is -0.324. The predicted molar refractivity (Wildman–Crippen MR) is 149 cm³/mol. The minimum atomic E-state index is -1.80. The molecule has 0 radical (unpaired) electrons. The minimum Gasteiger partial charge on any atom is -0.504 e. The highest BCUT2D eigenvalue weighted by Gasteiger charge is 2.48. The maximum atomic E-state index is 12.7. The Bertz CT molecular complexity index is 1320. The average molecular weight is 641 g/mol. The van der Waals surface area contributed by atoms with Gasteiger partial charge in [0, 0.05) is 13.2 Å². The van der Waals surface area contributed by atoms with Crippen molar-refractivity contribution in [2.75, 3.05) is 26.9 Å². The number of hydrogen-bond acceptors (Lipinski definition) is 16. The Hall–Kier alpha value is -3.55. The number of carbonyl (C=O) groups is 1. The first kappa shape index (κ1) is 34.3. The summed E-state index contributed by atoms with van der Waals surface area (Å²) in [4.78, 5) is 12.7. The first-order chi connectivity index (χ1) is 21.4. The second-order valence-corrected chi connectivity index (χ2v) is 10.4. The van der Waals surface area contributed by atoms with Crippen LogP contribution in [-0.2, 0) is 33.2 Å². The number of benzene rings is 2. The van der Waals surface area contributed by atoms with Crippen molar-refractivity contribution in [1.82, 2.24) is 0 Å². The van der Waals surface area contributed by atoms with E-state index in [1.807, 2.05) is 0 Å². The molecule has 10 atom stereocenters. The van der Waals surface area contributed by atoms with E-state index in [1.54, 1.807) is 0 Å². The fraction of sp³-hybridized carbons (Fsp3) is 0.483. The number of rotatable bonds is 11. The van der Waals surface area contributed by atoms with Crippen LogP contribution in [-0.4, -0.2) is 134 Å². The van der Waals surface area contributed by atoms with E-state index in [9.17, 15) is 50.8 Å². The molecule has 2 saturated heterocycles. The van der Waals surface area contributed by atoms with E-state index in [2.05, 4.69) is 0 Å². The zero-order chi connectivity index (χ0) is 32.8. The summed E-state index contributed by atoms with van der Waals surface area (Å²) < 4.78 is 33.0. The molecule has 16 heteroatoms. The number of methoxy groups -OCH3 is 1. The van der Waals surface area contributed by atoms with Gasteiger partial charge < -0.3 is 74.4 Å². The lowest BCUT2D eigenvalue weighted by Crippen LogP contribution is -2.61. The lowest BCUT2D eigenvalue weighted by Gasteiger charge is -2.42. The number of carbonyl (C=O) groups excluding carboxylic acids is 1. The summed E-state index contributed by atoms with van der Waals surface area (Å²) in [7, 11) is 1.35. The lowest BCUT2D eigenvalue weighted by atomic mass is 9.98. The van der Waals surface area contributed by atoms with Crippen molar-refractivity contribution in [2.24, 2.45) is 0 Å². The van der Waals surface area contributed by atoms with Crippen molar-refractivity contribution < 1.29 is 79.2 Å². The van der Waals surface area contributed by atoms with E-state index in [0.29, 0.717) is 11.1 Å². The molecular weight excluding hydrogens is 604 g/mol. The molecule has 0 unspecified atom stereocenters. The van der Waals surface area contributed by atoms with Gasteiger partial charge >= 0.3 is 5.97 Å². The topological polar surface area (TPSA) is 255 Å². The minimum absolute atomic E-state index is 0.274. The Labute approximate surface area is 256 Å². The Morgan fingerprint density at radius 2 is 1.53 bits per heavy atom. The number of esters is 1. The molecule has 0 amide bonds. The number of ether oxygens (including phenoxy) is 6. The quantitative estimate of drug-likeness (QED) is 0.0789. The Kier molecular flexibility index (Phi) is 11.6. The van der Waals surface area contributed by atoms with E-state index in [4.69, 9.17) is 28.4 Å². The van der Waals surface area contributed by atoms with Crippen LogP contribution >= 0.6 is 0 Å². The summed E-state index contributed by atoms with van der Waals surface area (Å²) in [5, 5.41) is 90.2. The molecule has 16 nitrogen and oxygen atoms in total. The molecule has 0 spiro atoms. The highest BCUT2D eigenvalue weighted by molar-refractivity contribution is 5.87. The molecule has 2 aliphatic rings. The monoisotopic (exact) mass is 640 g/mol. The largest absolute Gasteiger partial charge is 0.504 e. The van der Waals surface area contributed by atoms with E-state index in [1.165, 1.54) is 49.6 Å². The van der Waals surface area contributed by atoms with Crippen molar-refractivity contribution >= 4 is 12.0 Å². The summed E-state index contributed by atoms with van der Waals surface area (Å²) in [6, 6.07) is 7.77. The zero-order valence-electron chi connectivity index (χ0n) is 23.9. The molecule has 2 fully saturated rings. The van der Waals surface area contributed by atoms with Crippen molar-refractivity contribution in [3.05, 3.63) is 53.6 Å². The number of aliphatic hydroxyl groups excluding tert-OH is 5. The van der Waals surface area contributed by atoms with Crippen LogP contribution in [0, 0.1) is 0 Å². The third-order valence-corrected chi connectivity index (χ3v) is 7.25. The van der Waals surface area contributed by atoms with E-state index >= 15 is 0 Å². The second-order valence-electron chi connectivity index (χ2n) is 10.4. The van der Waals surface area contributed by atoms with Crippen LogP contribution in [0.25, 0.3) is 6.08 Å². The SMILES string of the molecule is CO[C@H](CO[C@@H]1O[C@H](CO[C@@H]2OC[C@@H](O)[C@H](O)[C@H]2O)[C@@H](OC(=O)/C=C/c2ccc(O)c(O)c2)[C@H](O)[C@H]1O)c1ccc(O)c(O)c1.